The zero-order chi connectivity index (χ0) is 21.2. The summed E-state index contributed by atoms with van der Waals surface area (Å²) in [5, 5.41) is 9.04. The Morgan fingerprint density at radius 2 is 1.68 bits per heavy atom. The van der Waals surface area contributed by atoms with Crippen LogP contribution in [0.15, 0.2) is 0 Å². The lowest BCUT2D eigenvalue weighted by molar-refractivity contribution is -0.123. The maximum Gasteiger partial charge on any atom is 0.315 e. The van der Waals surface area contributed by atoms with Crippen LogP contribution in [0.1, 0.15) is 86.0 Å². The van der Waals surface area contributed by atoms with Gasteiger partial charge in [0.25, 0.3) is 0 Å². The van der Waals surface area contributed by atoms with Gasteiger partial charge in [0.05, 0.1) is 0 Å². The van der Waals surface area contributed by atoms with Crippen molar-refractivity contribution in [3.8, 4) is 0 Å². The van der Waals surface area contributed by atoms with Gasteiger partial charge in [0, 0.05) is 23.3 Å². The van der Waals surface area contributed by atoms with E-state index in [9.17, 15) is 14.4 Å². The monoisotopic (exact) mass is 413 g/mol. The molecule has 0 saturated heterocycles. The Labute approximate surface area is 174 Å². The zero-order valence-electron chi connectivity index (χ0n) is 18.2. The molecular weight excluding hydrogens is 374 g/mol. The molecule has 0 aromatic carbocycles. The van der Waals surface area contributed by atoms with Crippen molar-refractivity contribution in [2.75, 3.05) is 5.75 Å². The fourth-order valence-corrected chi connectivity index (χ4v) is 4.03. The minimum Gasteiger partial charge on any atom is -0.352 e. The van der Waals surface area contributed by atoms with E-state index in [1.54, 1.807) is 0 Å². The average Bonchev–Trinajstić information content (AvgIpc) is 3.07. The molecule has 1 aliphatic carbocycles. The molecule has 0 aliphatic heterocycles. The predicted octanol–water partition coefficient (Wildman–Crippen LogP) is 3.99. The molecule has 1 aliphatic rings. The summed E-state index contributed by atoms with van der Waals surface area (Å²) in [5.41, 5.74) is -0.350. The SMILES string of the molecule is CC(C)C(=O)SCCCCC[C@H](NC(=O)NC(C)(C)C)C(=O)NC1CCCC1. The molecule has 1 saturated carbocycles. The standard InChI is InChI=1S/C21H39N3O3S/c1-15(2)19(26)28-14-10-6-7-13-17(23-20(27)24-21(3,4)5)18(25)22-16-11-8-9-12-16/h15-17H,6-14H2,1-5H3,(H,22,25)(H2,23,24,27)/t17-/m0/s1. The third kappa shape index (κ3) is 10.9. The number of thioether (sulfide) groups is 1. The molecule has 1 rings (SSSR count). The van der Waals surface area contributed by atoms with Gasteiger partial charge in [-0.1, -0.05) is 51.3 Å². The fourth-order valence-electron chi connectivity index (χ4n) is 3.14. The molecule has 162 valence electrons. The largest absolute Gasteiger partial charge is 0.352 e. The second-order valence-corrected chi connectivity index (χ2v) is 10.2. The van der Waals surface area contributed by atoms with E-state index in [1.807, 2.05) is 34.6 Å². The second-order valence-electron chi connectivity index (χ2n) is 9.06. The maximum absolute atomic E-state index is 12.7. The van der Waals surface area contributed by atoms with E-state index in [0.29, 0.717) is 6.42 Å². The first kappa shape index (κ1) is 24.8. The van der Waals surface area contributed by atoms with Gasteiger partial charge in [-0.25, -0.2) is 4.79 Å². The van der Waals surface area contributed by atoms with Gasteiger partial charge in [-0.15, -0.1) is 0 Å². The first-order valence-corrected chi connectivity index (χ1v) is 11.6. The summed E-state index contributed by atoms with van der Waals surface area (Å²) in [7, 11) is 0. The van der Waals surface area contributed by atoms with Crippen LogP contribution in [0.2, 0.25) is 0 Å². The average molecular weight is 414 g/mol. The van der Waals surface area contributed by atoms with E-state index in [2.05, 4.69) is 16.0 Å². The number of urea groups is 1. The molecule has 6 nitrogen and oxygen atoms in total. The number of unbranched alkanes of at least 4 members (excludes halogenated alkanes) is 2. The predicted molar refractivity (Wildman–Crippen MR) is 116 cm³/mol. The summed E-state index contributed by atoms with van der Waals surface area (Å²) >= 11 is 1.39. The van der Waals surface area contributed by atoms with E-state index in [-0.39, 0.29) is 34.6 Å². The van der Waals surface area contributed by atoms with Crippen molar-refractivity contribution >= 4 is 28.8 Å². The molecule has 1 atom stereocenters. The van der Waals surface area contributed by atoms with Crippen LogP contribution in [0, 0.1) is 5.92 Å². The van der Waals surface area contributed by atoms with Gasteiger partial charge in [-0.05, 0) is 46.5 Å². The Morgan fingerprint density at radius 1 is 1.04 bits per heavy atom. The van der Waals surface area contributed by atoms with Crippen molar-refractivity contribution in [2.45, 2.75) is 104 Å². The van der Waals surface area contributed by atoms with Gasteiger partial charge in [0.1, 0.15) is 6.04 Å². The van der Waals surface area contributed by atoms with E-state index in [4.69, 9.17) is 0 Å². The van der Waals surface area contributed by atoms with Crippen LogP contribution in [0.5, 0.6) is 0 Å². The van der Waals surface area contributed by atoms with Gasteiger partial charge in [-0.3, -0.25) is 9.59 Å². The molecule has 0 aromatic rings. The minimum absolute atomic E-state index is 0.0687. The normalized spacial score (nSPS) is 16.1. The lowest BCUT2D eigenvalue weighted by Crippen LogP contribution is -2.54. The maximum atomic E-state index is 12.7. The van der Waals surface area contributed by atoms with E-state index in [0.717, 1.165) is 50.7 Å². The summed E-state index contributed by atoms with van der Waals surface area (Å²) < 4.78 is 0. The molecule has 0 aromatic heterocycles. The van der Waals surface area contributed by atoms with Crippen molar-refractivity contribution in [3.05, 3.63) is 0 Å². The highest BCUT2D eigenvalue weighted by Gasteiger charge is 2.25. The number of carbonyl (C=O) groups excluding carboxylic acids is 3. The van der Waals surface area contributed by atoms with Gasteiger partial charge in [0.15, 0.2) is 5.12 Å². The van der Waals surface area contributed by atoms with Crippen molar-refractivity contribution in [3.63, 3.8) is 0 Å². The number of hydrogen-bond donors (Lipinski definition) is 3. The number of amides is 3. The Balaban J connectivity index is 2.44. The molecule has 7 heteroatoms. The summed E-state index contributed by atoms with van der Waals surface area (Å²) in [6, 6.07) is -0.592. The van der Waals surface area contributed by atoms with E-state index < -0.39 is 6.04 Å². The highest BCUT2D eigenvalue weighted by molar-refractivity contribution is 8.13. The summed E-state index contributed by atoms with van der Waals surface area (Å²) in [4.78, 5) is 36.6. The van der Waals surface area contributed by atoms with Crippen LogP contribution in [-0.2, 0) is 9.59 Å². The number of hydrogen-bond acceptors (Lipinski definition) is 4. The molecule has 0 heterocycles. The van der Waals surface area contributed by atoms with Gasteiger partial charge in [0.2, 0.25) is 5.91 Å². The highest BCUT2D eigenvalue weighted by Crippen LogP contribution is 2.18. The Kier molecular flexibility index (Phi) is 10.9. The van der Waals surface area contributed by atoms with Crippen LogP contribution in [0.3, 0.4) is 0 Å². The highest BCUT2D eigenvalue weighted by atomic mass is 32.2. The summed E-state index contributed by atoms with van der Waals surface area (Å²) in [5.74, 6) is 0.799. The number of nitrogens with one attached hydrogen (secondary N) is 3. The van der Waals surface area contributed by atoms with E-state index in [1.165, 1.54) is 11.8 Å². The van der Waals surface area contributed by atoms with Crippen LogP contribution < -0.4 is 16.0 Å². The Hall–Kier alpha value is -1.24. The molecule has 3 amide bonds. The third-order valence-corrected chi connectivity index (χ3v) is 5.91. The molecule has 0 spiro atoms. The molecular formula is C21H39N3O3S. The van der Waals surface area contributed by atoms with Crippen molar-refractivity contribution in [1.82, 2.24) is 16.0 Å². The topological polar surface area (TPSA) is 87.3 Å². The fraction of sp³-hybridized carbons (Fsp3) is 0.857. The van der Waals surface area contributed by atoms with Crippen LogP contribution in [0.4, 0.5) is 4.79 Å². The molecule has 28 heavy (non-hydrogen) atoms. The van der Waals surface area contributed by atoms with E-state index >= 15 is 0 Å². The Morgan fingerprint density at radius 3 is 2.25 bits per heavy atom. The molecule has 3 N–H and O–H groups in total. The number of carbonyl (C=O) groups is 3. The van der Waals surface area contributed by atoms with Crippen molar-refractivity contribution in [1.29, 1.82) is 0 Å². The molecule has 0 radical (unpaired) electrons. The van der Waals surface area contributed by atoms with Gasteiger partial charge < -0.3 is 16.0 Å². The summed E-state index contributed by atoms with van der Waals surface area (Å²) in [6.45, 7) is 9.57. The molecule has 1 fully saturated rings. The van der Waals surface area contributed by atoms with Crippen molar-refractivity contribution in [2.24, 2.45) is 5.92 Å². The minimum atomic E-state index is -0.520. The summed E-state index contributed by atoms with van der Waals surface area (Å²) in [6.07, 6.45) is 7.68. The van der Waals surface area contributed by atoms with Crippen LogP contribution >= 0.6 is 11.8 Å². The first-order chi connectivity index (χ1) is 13.1. The van der Waals surface area contributed by atoms with Gasteiger partial charge >= 0.3 is 6.03 Å². The van der Waals surface area contributed by atoms with Crippen molar-refractivity contribution < 1.29 is 14.4 Å². The number of rotatable bonds is 10. The molecule has 0 bridgehead atoms. The lowest BCUT2D eigenvalue weighted by Gasteiger charge is -2.25. The third-order valence-electron chi connectivity index (χ3n) is 4.66. The quantitative estimate of drug-likeness (QED) is 0.473. The Bertz CT molecular complexity index is 512. The van der Waals surface area contributed by atoms with Crippen LogP contribution in [-0.4, -0.2) is 40.4 Å². The second kappa shape index (κ2) is 12.3. The van der Waals surface area contributed by atoms with Gasteiger partial charge in [-0.2, -0.15) is 0 Å². The first-order valence-electron chi connectivity index (χ1n) is 10.6. The lowest BCUT2D eigenvalue weighted by atomic mass is 10.1. The molecule has 0 unspecified atom stereocenters. The van der Waals surface area contributed by atoms with Crippen LogP contribution in [0.25, 0.3) is 0 Å². The smallest absolute Gasteiger partial charge is 0.315 e. The zero-order valence-corrected chi connectivity index (χ0v) is 19.0.